The lowest BCUT2D eigenvalue weighted by Crippen LogP contribution is -2.39. The van der Waals surface area contributed by atoms with E-state index in [9.17, 15) is 9.59 Å². The largest absolute Gasteiger partial charge is 0.355 e. The molecule has 0 spiro atoms. The van der Waals surface area contributed by atoms with Gasteiger partial charge in [0.25, 0.3) is 0 Å². The number of carbonyl (C=O) groups excluding carboxylic acids is 2. The minimum atomic E-state index is -0.326. The number of hydrogen-bond donors (Lipinski definition) is 2. The second-order valence-corrected chi connectivity index (χ2v) is 8.07. The minimum absolute atomic E-state index is 0.0564. The van der Waals surface area contributed by atoms with Crippen molar-refractivity contribution in [3.05, 3.63) is 69.7 Å². The van der Waals surface area contributed by atoms with Crippen molar-refractivity contribution in [3.8, 4) is 0 Å². The van der Waals surface area contributed by atoms with Crippen molar-refractivity contribution in [2.75, 3.05) is 19.6 Å². The number of rotatable bonds is 7. The summed E-state index contributed by atoms with van der Waals surface area (Å²) in [4.78, 5) is 26.3. The summed E-state index contributed by atoms with van der Waals surface area (Å²) in [5.74, 6) is -0.202. The number of hydrogen-bond acceptors (Lipinski definition) is 3. The number of fused-ring (bicyclic) bond motifs is 1. The van der Waals surface area contributed by atoms with Crippen molar-refractivity contribution in [2.45, 2.75) is 32.4 Å². The van der Waals surface area contributed by atoms with E-state index in [0.717, 1.165) is 36.1 Å². The highest BCUT2D eigenvalue weighted by atomic mass is 79.9. The van der Waals surface area contributed by atoms with Crippen LogP contribution >= 0.6 is 15.9 Å². The Morgan fingerprint density at radius 2 is 1.82 bits per heavy atom. The molecule has 1 aliphatic heterocycles. The van der Waals surface area contributed by atoms with E-state index < -0.39 is 0 Å². The Bertz CT molecular complexity index is 823. The summed E-state index contributed by atoms with van der Waals surface area (Å²) in [7, 11) is 0. The second kappa shape index (κ2) is 9.85. The summed E-state index contributed by atoms with van der Waals surface area (Å²) in [6.45, 7) is 4.84. The number of amides is 2. The molecule has 148 valence electrons. The predicted molar refractivity (Wildman–Crippen MR) is 114 cm³/mol. The molecule has 0 radical (unpaired) electrons. The first-order chi connectivity index (χ1) is 13.5. The van der Waals surface area contributed by atoms with E-state index >= 15 is 0 Å². The average Bonchev–Trinajstić information content (AvgIpc) is 2.67. The maximum absolute atomic E-state index is 12.4. The molecule has 0 fully saturated rings. The van der Waals surface area contributed by atoms with Crippen LogP contribution in [0.1, 0.15) is 36.1 Å². The fraction of sp³-hybridized carbons (Fsp3) is 0.364. The smallest absolute Gasteiger partial charge is 0.222 e. The third-order valence-corrected chi connectivity index (χ3v) is 5.53. The summed E-state index contributed by atoms with van der Waals surface area (Å²) < 4.78 is 0.963. The van der Waals surface area contributed by atoms with Crippen LogP contribution in [-0.4, -0.2) is 36.3 Å². The fourth-order valence-corrected chi connectivity index (χ4v) is 3.81. The molecular weight excluding hydrogens is 418 g/mol. The summed E-state index contributed by atoms with van der Waals surface area (Å²) in [5, 5.41) is 5.87. The van der Waals surface area contributed by atoms with E-state index in [1.54, 1.807) is 0 Å². The molecule has 0 saturated carbocycles. The van der Waals surface area contributed by atoms with Gasteiger partial charge in [-0.1, -0.05) is 52.3 Å². The van der Waals surface area contributed by atoms with Gasteiger partial charge >= 0.3 is 0 Å². The lowest BCUT2D eigenvalue weighted by Gasteiger charge is -2.28. The molecular formula is C22H26BrN3O2. The van der Waals surface area contributed by atoms with Crippen molar-refractivity contribution in [1.29, 1.82) is 0 Å². The van der Waals surface area contributed by atoms with Crippen LogP contribution in [-0.2, 0) is 22.6 Å². The van der Waals surface area contributed by atoms with Crippen LogP contribution in [0.5, 0.6) is 0 Å². The minimum Gasteiger partial charge on any atom is -0.355 e. The Balaban J connectivity index is 1.48. The van der Waals surface area contributed by atoms with Gasteiger partial charge < -0.3 is 10.6 Å². The summed E-state index contributed by atoms with van der Waals surface area (Å²) in [6, 6.07) is 15.9. The van der Waals surface area contributed by atoms with E-state index in [4.69, 9.17) is 0 Å². The average molecular weight is 444 g/mol. The van der Waals surface area contributed by atoms with Crippen molar-refractivity contribution in [1.82, 2.24) is 15.5 Å². The molecule has 2 aromatic carbocycles. The molecule has 1 aliphatic rings. The Hall–Kier alpha value is -2.18. The lowest BCUT2D eigenvalue weighted by atomic mass is 10.00. The van der Waals surface area contributed by atoms with Gasteiger partial charge in [-0.15, -0.1) is 0 Å². The lowest BCUT2D eigenvalue weighted by molar-refractivity contribution is -0.122. The first-order valence-corrected chi connectivity index (χ1v) is 10.4. The first kappa shape index (κ1) is 20.6. The van der Waals surface area contributed by atoms with Crippen molar-refractivity contribution < 1.29 is 9.59 Å². The maximum atomic E-state index is 12.4. The molecule has 0 bridgehead atoms. The highest BCUT2D eigenvalue weighted by molar-refractivity contribution is 9.10. The molecule has 3 rings (SSSR count). The summed E-state index contributed by atoms with van der Waals surface area (Å²) >= 11 is 3.41. The van der Waals surface area contributed by atoms with Gasteiger partial charge in [0.05, 0.1) is 12.5 Å². The highest BCUT2D eigenvalue weighted by Gasteiger charge is 2.18. The Kier molecular flexibility index (Phi) is 7.23. The molecule has 5 nitrogen and oxygen atoms in total. The zero-order chi connectivity index (χ0) is 19.9. The molecule has 28 heavy (non-hydrogen) atoms. The van der Waals surface area contributed by atoms with Crippen LogP contribution in [0.3, 0.4) is 0 Å². The monoisotopic (exact) mass is 443 g/mol. The van der Waals surface area contributed by atoms with Crippen LogP contribution in [0.2, 0.25) is 0 Å². The number of carbonyl (C=O) groups is 2. The van der Waals surface area contributed by atoms with Gasteiger partial charge in [0, 0.05) is 37.6 Å². The molecule has 2 amide bonds. The van der Waals surface area contributed by atoms with E-state index in [1.165, 1.54) is 18.1 Å². The Labute approximate surface area is 174 Å². The van der Waals surface area contributed by atoms with Crippen LogP contribution in [0, 0.1) is 0 Å². The zero-order valence-corrected chi connectivity index (χ0v) is 17.7. The van der Waals surface area contributed by atoms with Crippen LogP contribution < -0.4 is 10.6 Å². The molecule has 0 aliphatic carbocycles. The highest BCUT2D eigenvalue weighted by Crippen LogP contribution is 2.20. The molecule has 2 aromatic rings. The summed E-state index contributed by atoms with van der Waals surface area (Å²) in [5.41, 5.74) is 3.72. The zero-order valence-electron chi connectivity index (χ0n) is 16.1. The van der Waals surface area contributed by atoms with Crippen molar-refractivity contribution in [2.24, 2.45) is 0 Å². The first-order valence-electron chi connectivity index (χ1n) is 9.59. The molecule has 1 atom stereocenters. The van der Waals surface area contributed by atoms with Gasteiger partial charge in [-0.25, -0.2) is 0 Å². The van der Waals surface area contributed by atoms with E-state index in [1.807, 2.05) is 24.3 Å². The van der Waals surface area contributed by atoms with Crippen LogP contribution in [0.15, 0.2) is 53.0 Å². The molecule has 1 heterocycles. The van der Waals surface area contributed by atoms with Gasteiger partial charge in [0.2, 0.25) is 11.8 Å². The van der Waals surface area contributed by atoms with E-state index in [2.05, 4.69) is 55.7 Å². The third kappa shape index (κ3) is 5.91. The quantitative estimate of drug-likeness (QED) is 0.690. The Morgan fingerprint density at radius 1 is 1.11 bits per heavy atom. The van der Waals surface area contributed by atoms with Crippen molar-refractivity contribution >= 4 is 27.7 Å². The molecule has 6 heteroatoms. The second-order valence-electron chi connectivity index (χ2n) is 7.15. The normalized spacial score (nSPS) is 14.8. The van der Waals surface area contributed by atoms with Gasteiger partial charge in [0.1, 0.15) is 0 Å². The van der Waals surface area contributed by atoms with Gasteiger partial charge in [-0.2, -0.15) is 0 Å². The number of halogens is 1. The summed E-state index contributed by atoms with van der Waals surface area (Å²) in [6.07, 6.45) is 1.28. The van der Waals surface area contributed by atoms with Gasteiger partial charge in [-0.05, 0) is 35.2 Å². The third-order valence-electron chi connectivity index (χ3n) is 5.00. The van der Waals surface area contributed by atoms with Gasteiger partial charge in [-0.3, -0.25) is 14.5 Å². The van der Waals surface area contributed by atoms with Gasteiger partial charge in [0.15, 0.2) is 0 Å². The van der Waals surface area contributed by atoms with E-state index in [0.29, 0.717) is 6.54 Å². The number of benzene rings is 2. The molecule has 0 aromatic heterocycles. The standard InChI is InChI=1S/C22H26BrN3O2/c1-16(27)25-21(18-6-8-20(23)9-7-18)14-22(28)24-11-13-26-12-10-17-4-2-3-5-19(17)15-26/h2-9,21H,10-15H2,1H3,(H,24,28)(H,25,27). The number of nitrogens with one attached hydrogen (secondary N) is 2. The van der Waals surface area contributed by atoms with E-state index in [-0.39, 0.29) is 24.3 Å². The number of nitrogens with zero attached hydrogens (tertiary/aromatic N) is 1. The molecule has 0 saturated heterocycles. The SMILES string of the molecule is CC(=O)NC(CC(=O)NCCN1CCc2ccccc2C1)c1ccc(Br)cc1. The fourth-order valence-electron chi connectivity index (χ4n) is 3.55. The topological polar surface area (TPSA) is 61.4 Å². The molecule has 2 N–H and O–H groups in total. The van der Waals surface area contributed by atoms with Crippen LogP contribution in [0.4, 0.5) is 0 Å². The molecule has 1 unspecified atom stereocenters. The van der Waals surface area contributed by atoms with Crippen LogP contribution in [0.25, 0.3) is 0 Å². The Morgan fingerprint density at radius 3 is 2.54 bits per heavy atom. The van der Waals surface area contributed by atoms with Crippen molar-refractivity contribution in [3.63, 3.8) is 0 Å². The maximum Gasteiger partial charge on any atom is 0.222 e. The predicted octanol–water partition coefficient (Wildman–Crippen LogP) is 3.19.